The monoisotopic (exact) mass is 244 g/mol. The number of methoxy groups -OCH3 is 1. The summed E-state index contributed by atoms with van der Waals surface area (Å²) < 4.78 is 10.4. The summed E-state index contributed by atoms with van der Waals surface area (Å²) in [4.78, 5) is 2.62. The van der Waals surface area contributed by atoms with Gasteiger partial charge in [0.25, 0.3) is 0 Å². The van der Waals surface area contributed by atoms with E-state index in [0.29, 0.717) is 6.61 Å². The lowest BCUT2D eigenvalue weighted by Gasteiger charge is -2.35. The summed E-state index contributed by atoms with van der Waals surface area (Å²) >= 11 is 0. The lowest BCUT2D eigenvalue weighted by atomic mass is 10.1. The Labute approximate surface area is 106 Å². The van der Waals surface area contributed by atoms with Gasteiger partial charge in [-0.25, -0.2) is 0 Å². The van der Waals surface area contributed by atoms with Gasteiger partial charge in [0.15, 0.2) is 0 Å². The molecule has 0 saturated carbocycles. The summed E-state index contributed by atoms with van der Waals surface area (Å²) in [5, 5.41) is 3.46. The Morgan fingerprint density at radius 2 is 2.12 bits per heavy atom. The van der Waals surface area contributed by atoms with E-state index in [4.69, 9.17) is 9.47 Å². The zero-order chi connectivity index (χ0) is 12.3. The molecule has 0 aromatic carbocycles. The number of hydrogen-bond donors (Lipinski definition) is 1. The molecule has 1 atom stereocenters. The zero-order valence-corrected chi connectivity index (χ0v) is 11.4. The summed E-state index contributed by atoms with van der Waals surface area (Å²) in [6, 6.07) is 0.734. The van der Waals surface area contributed by atoms with Crippen molar-refractivity contribution in [1.82, 2.24) is 10.2 Å². The summed E-state index contributed by atoms with van der Waals surface area (Å²) in [5.41, 5.74) is 0. The number of hydrogen-bond acceptors (Lipinski definition) is 4. The SMILES string of the molecule is CCC1CNCCN1CCCCOCCOC. The summed E-state index contributed by atoms with van der Waals surface area (Å²) in [6.45, 7) is 9.28. The third-order valence-electron chi connectivity index (χ3n) is 3.36. The first kappa shape index (κ1) is 14.9. The Kier molecular flexibility index (Phi) is 8.61. The van der Waals surface area contributed by atoms with E-state index in [-0.39, 0.29) is 0 Å². The lowest BCUT2D eigenvalue weighted by Crippen LogP contribution is -2.51. The first-order chi connectivity index (χ1) is 8.38. The average Bonchev–Trinajstić information content (AvgIpc) is 2.38. The van der Waals surface area contributed by atoms with Crippen LogP contribution in [0, 0.1) is 0 Å². The van der Waals surface area contributed by atoms with Crippen molar-refractivity contribution in [3.8, 4) is 0 Å². The summed E-state index contributed by atoms with van der Waals surface area (Å²) in [6.07, 6.45) is 3.64. The second-order valence-corrected chi connectivity index (χ2v) is 4.61. The molecule has 0 aromatic heterocycles. The fourth-order valence-corrected chi connectivity index (χ4v) is 2.26. The average molecular weight is 244 g/mol. The van der Waals surface area contributed by atoms with E-state index < -0.39 is 0 Å². The maximum absolute atomic E-state index is 5.46. The highest BCUT2D eigenvalue weighted by molar-refractivity contribution is 4.78. The molecule has 1 aliphatic rings. The van der Waals surface area contributed by atoms with Gasteiger partial charge in [-0.15, -0.1) is 0 Å². The van der Waals surface area contributed by atoms with Crippen LogP contribution in [0.15, 0.2) is 0 Å². The molecule has 17 heavy (non-hydrogen) atoms. The van der Waals surface area contributed by atoms with Gasteiger partial charge >= 0.3 is 0 Å². The molecule has 0 bridgehead atoms. The van der Waals surface area contributed by atoms with Gasteiger partial charge in [-0.2, -0.15) is 0 Å². The van der Waals surface area contributed by atoms with Crippen LogP contribution in [0.3, 0.4) is 0 Å². The minimum Gasteiger partial charge on any atom is -0.382 e. The van der Waals surface area contributed by atoms with Gasteiger partial charge in [-0.3, -0.25) is 4.90 Å². The van der Waals surface area contributed by atoms with Crippen molar-refractivity contribution in [2.45, 2.75) is 32.2 Å². The minimum absolute atomic E-state index is 0.704. The molecular weight excluding hydrogens is 216 g/mol. The predicted octanol–water partition coefficient (Wildman–Crippen LogP) is 1.11. The van der Waals surface area contributed by atoms with E-state index in [9.17, 15) is 0 Å². The summed E-state index contributed by atoms with van der Waals surface area (Å²) in [7, 11) is 1.71. The molecule has 1 rings (SSSR count). The smallest absolute Gasteiger partial charge is 0.0700 e. The van der Waals surface area contributed by atoms with Crippen LogP contribution in [0.5, 0.6) is 0 Å². The molecule has 102 valence electrons. The molecule has 1 aliphatic heterocycles. The number of piperazine rings is 1. The number of nitrogens with one attached hydrogen (secondary N) is 1. The Morgan fingerprint density at radius 3 is 2.88 bits per heavy atom. The molecule has 4 nitrogen and oxygen atoms in total. The highest BCUT2D eigenvalue weighted by atomic mass is 16.5. The van der Waals surface area contributed by atoms with E-state index in [2.05, 4.69) is 17.1 Å². The van der Waals surface area contributed by atoms with Crippen molar-refractivity contribution < 1.29 is 9.47 Å². The maximum atomic E-state index is 5.46. The van der Waals surface area contributed by atoms with E-state index >= 15 is 0 Å². The van der Waals surface area contributed by atoms with Gasteiger partial charge in [0.1, 0.15) is 0 Å². The zero-order valence-electron chi connectivity index (χ0n) is 11.4. The number of rotatable bonds is 9. The van der Waals surface area contributed by atoms with Crippen LogP contribution >= 0.6 is 0 Å². The minimum atomic E-state index is 0.704. The van der Waals surface area contributed by atoms with Crippen molar-refractivity contribution in [2.75, 3.05) is 53.1 Å². The maximum Gasteiger partial charge on any atom is 0.0700 e. The Morgan fingerprint density at radius 1 is 1.24 bits per heavy atom. The first-order valence-corrected chi connectivity index (χ1v) is 6.90. The molecule has 1 heterocycles. The van der Waals surface area contributed by atoms with Gasteiger partial charge in [-0.05, 0) is 25.8 Å². The normalized spacial score (nSPS) is 21.9. The van der Waals surface area contributed by atoms with Crippen LogP contribution in [0.2, 0.25) is 0 Å². The second kappa shape index (κ2) is 9.83. The second-order valence-electron chi connectivity index (χ2n) is 4.61. The molecular formula is C13H28N2O2. The fourth-order valence-electron chi connectivity index (χ4n) is 2.26. The highest BCUT2D eigenvalue weighted by Gasteiger charge is 2.19. The quantitative estimate of drug-likeness (QED) is 0.616. The molecule has 1 saturated heterocycles. The van der Waals surface area contributed by atoms with Gasteiger partial charge in [0.05, 0.1) is 13.2 Å². The largest absolute Gasteiger partial charge is 0.382 e. The molecule has 0 amide bonds. The van der Waals surface area contributed by atoms with E-state index in [1.54, 1.807) is 7.11 Å². The van der Waals surface area contributed by atoms with Crippen LogP contribution < -0.4 is 5.32 Å². The van der Waals surface area contributed by atoms with Crippen molar-refractivity contribution >= 4 is 0 Å². The third kappa shape index (κ3) is 6.36. The standard InChI is InChI=1S/C13H28N2O2/c1-3-13-12-14-6-8-15(13)7-4-5-9-17-11-10-16-2/h13-14H,3-12H2,1-2H3. The van der Waals surface area contributed by atoms with Crippen LogP contribution in [0.25, 0.3) is 0 Å². The Bertz CT molecular complexity index is 179. The molecule has 1 unspecified atom stereocenters. The van der Waals surface area contributed by atoms with Crippen molar-refractivity contribution in [1.29, 1.82) is 0 Å². The molecule has 0 spiro atoms. The van der Waals surface area contributed by atoms with E-state index in [1.165, 1.54) is 25.9 Å². The van der Waals surface area contributed by atoms with Crippen LogP contribution in [0.1, 0.15) is 26.2 Å². The lowest BCUT2D eigenvalue weighted by molar-refractivity contribution is 0.0661. The highest BCUT2D eigenvalue weighted by Crippen LogP contribution is 2.08. The van der Waals surface area contributed by atoms with Crippen LogP contribution in [-0.2, 0) is 9.47 Å². The van der Waals surface area contributed by atoms with E-state index in [0.717, 1.165) is 38.8 Å². The van der Waals surface area contributed by atoms with Crippen molar-refractivity contribution in [3.63, 3.8) is 0 Å². The molecule has 0 radical (unpaired) electrons. The number of nitrogens with zero attached hydrogens (tertiary/aromatic N) is 1. The predicted molar refractivity (Wildman–Crippen MR) is 70.5 cm³/mol. The van der Waals surface area contributed by atoms with E-state index in [1.807, 2.05) is 0 Å². The molecule has 4 heteroatoms. The Balaban J connectivity index is 1.97. The van der Waals surface area contributed by atoms with Crippen LogP contribution in [0.4, 0.5) is 0 Å². The van der Waals surface area contributed by atoms with Crippen molar-refractivity contribution in [2.24, 2.45) is 0 Å². The first-order valence-electron chi connectivity index (χ1n) is 6.90. The molecule has 1 fully saturated rings. The van der Waals surface area contributed by atoms with Gasteiger partial charge in [0.2, 0.25) is 0 Å². The van der Waals surface area contributed by atoms with Gasteiger partial charge < -0.3 is 14.8 Å². The fraction of sp³-hybridized carbons (Fsp3) is 1.00. The molecule has 1 N–H and O–H groups in total. The topological polar surface area (TPSA) is 33.7 Å². The van der Waals surface area contributed by atoms with Crippen molar-refractivity contribution in [3.05, 3.63) is 0 Å². The molecule has 0 aliphatic carbocycles. The Hall–Kier alpha value is -0.160. The third-order valence-corrected chi connectivity index (χ3v) is 3.36. The van der Waals surface area contributed by atoms with Gasteiger partial charge in [-0.1, -0.05) is 6.92 Å². The number of ether oxygens (including phenoxy) is 2. The summed E-state index contributed by atoms with van der Waals surface area (Å²) in [5.74, 6) is 0. The number of unbranched alkanes of at least 4 members (excludes halogenated alkanes) is 1. The van der Waals surface area contributed by atoms with Crippen LogP contribution in [-0.4, -0.2) is 64.1 Å². The van der Waals surface area contributed by atoms with Gasteiger partial charge in [0, 0.05) is 39.4 Å². The molecule has 0 aromatic rings.